The van der Waals surface area contributed by atoms with Crippen LogP contribution >= 0.6 is 0 Å². The fourth-order valence-corrected chi connectivity index (χ4v) is 6.29. The molecular weight excluding hydrogens is 817 g/mol. The summed E-state index contributed by atoms with van der Waals surface area (Å²) in [6.45, 7) is 45.4. The highest BCUT2D eigenvalue weighted by Crippen LogP contribution is 2.25. The minimum atomic E-state index is -0.247. The smallest absolute Gasteiger partial charge is 0.177 e. The number of rotatable bonds is 22. The molecule has 0 unspecified atom stereocenters. The van der Waals surface area contributed by atoms with Gasteiger partial charge in [0.2, 0.25) is 0 Å². The summed E-state index contributed by atoms with van der Waals surface area (Å²) < 4.78 is 21.2. The molecule has 0 atom stereocenters. The fraction of sp³-hybridized carbons (Fsp3) is 0.700. The van der Waals surface area contributed by atoms with Gasteiger partial charge >= 0.3 is 0 Å². The van der Waals surface area contributed by atoms with Gasteiger partial charge in [-0.05, 0) is 201 Å². The van der Waals surface area contributed by atoms with E-state index in [1.165, 1.54) is 84.8 Å². The van der Waals surface area contributed by atoms with Gasteiger partial charge in [0.15, 0.2) is 12.6 Å². The number of hydrogen-bond donors (Lipinski definition) is 0. The summed E-state index contributed by atoms with van der Waals surface area (Å²) in [5, 5.41) is 0. The van der Waals surface area contributed by atoms with Crippen molar-refractivity contribution in [3.63, 3.8) is 0 Å². The molecule has 0 aliphatic carbocycles. The number of unbranched alkanes of at least 4 members (excludes halogenated alkanes) is 4. The number of methoxy groups -OCH3 is 2. The Kier molecular flexibility index (Phi) is 37.8. The highest BCUT2D eigenvalue weighted by Gasteiger charge is 2.14. The quantitative estimate of drug-likeness (QED) is 0.0354. The molecule has 6 heteroatoms. The third-order valence-corrected chi connectivity index (χ3v) is 11.3. The van der Waals surface area contributed by atoms with E-state index in [0.717, 1.165) is 49.4 Å². The standard InChI is InChI=1S/C16H28O2.C16H30O2.2C14H24O/c1-13(8-6-7-9-16(3,4)5)14(2)12-15-17-10-11-18-15;1-13(10-8-9-11-16(3,4)5)14(2)12-15(17-6)18-7;2*1-12(13(2)9-11-15)8-6-7-10-14(3,4)5/h8,12,15H,6-7,9-11H2,1-5H3;10,12,15H,8-9,11H2,1-7H3;2*8-9,11H,6-7,10H2,1-5H3/b13-8+,14-12+;13-10+,14-12+;2*12-8+,13-9+. The Morgan fingerprint density at radius 1 is 0.455 bits per heavy atom. The van der Waals surface area contributed by atoms with E-state index in [0.29, 0.717) is 34.9 Å². The molecule has 6 nitrogen and oxygen atoms in total. The molecule has 0 saturated carbocycles. The number of carbonyl (C=O) groups excluding carboxylic acids is 2. The summed E-state index contributed by atoms with van der Waals surface area (Å²) in [5.74, 6) is 0. The van der Waals surface area contributed by atoms with Crippen LogP contribution in [0.1, 0.15) is 216 Å². The molecule has 0 N–H and O–H groups in total. The topological polar surface area (TPSA) is 71.1 Å². The molecule has 1 rings (SSSR count). The minimum Gasteiger partial charge on any atom is -0.352 e. The Hall–Kier alpha value is -2.90. The molecular formula is C60H106O6. The molecule has 1 saturated heterocycles. The van der Waals surface area contributed by atoms with E-state index in [-0.39, 0.29) is 12.6 Å². The number of ether oxygens (including phenoxy) is 4. The maximum Gasteiger partial charge on any atom is 0.177 e. The van der Waals surface area contributed by atoms with Gasteiger partial charge in [-0.15, -0.1) is 0 Å². The molecule has 0 aromatic carbocycles. The first-order valence-electron chi connectivity index (χ1n) is 25.0. The van der Waals surface area contributed by atoms with Gasteiger partial charge in [0, 0.05) is 14.2 Å². The first-order valence-corrected chi connectivity index (χ1v) is 25.0. The van der Waals surface area contributed by atoms with E-state index in [1.807, 2.05) is 19.9 Å². The molecule has 0 amide bonds. The lowest BCUT2D eigenvalue weighted by molar-refractivity contribution is -0.104. The lowest BCUT2D eigenvalue weighted by Gasteiger charge is -2.17. The summed E-state index contributed by atoms with van der Waals surface area (Å²) in [5.41, 5.74) is 11.4. The van der Waals surface area contributed by atoms with Crippen LogP contribution in [-0.4, -0.2) is 52.6 Å². The zero-order chi connectivity index (χ0) is 51.6. The third kappa shape index (κ3) is 44.9. The van der Waals surface area contributed by atoms with Gasteiger partial charge in [0.1, 0.15) is 12.6 Å². The van der Waals surface area contributed by atoms with Crippen molar-refractivity contribution in [2.24, 2.45) is 21.7 Å². The summed E-state index contributed by atoms with van der Waals surface area (Å²) in [6, 6.07) is 0. The SMILES string of the molecule is CC(=C\C=O)/C(C)=C/CCCC(C)(C)C.CC(=C\C=O)/C(C)=C/CCCC(C)(C)C.CC(=C\CCCC(C)(C)C)/C(C)=C/C1OCCO1.COC(/C=C(C)/C(C)=C/CCCC(C)(C)C)OC. The number of hydrogen-bond acceptors (Lipinski definition) is 6. The van der Waals surface area contributed by atoms with Crippen molar-refractivity contribution < 1.29 is 28.5 Å². The van der Waals surface area contributed by atoms with Crippen molar-refractivity contribution in [2.75, 3.05) is 27.4 Å². The molecule has 66 heavy (non-hydrogen) atoms. The van der Waals surface area contributed by atoms with Crippen LogP contribution in [0.3, 0.4) is 0 Å². The van der Waals surface area contributed by atoms with E-state index in [2.05, 4.69) is 155 Å². The summed E-state index contributed by atoms with van der Waals surface area (Å²) in [7, 11) is 3.31. The maximum atomic E-state index is 10.3. The zero-order valence-electron chi connectivity index (χ0n) is 47.3. The van der Waals surface area contributed by atoms with Crippen molar-refractivity contribution in [2.45, 2.75) is 228 Å². The first-order chi connectivity index (χ1) is 30.4. The maximum absolute atomic E-state index is 10.3. The molecule has 1 aliphatic rings. The van der Waals surface area contributed by atoms with Gasteiger partial charge in [-0.1, -0.05) is 130 Å². The molecule has 0 aromatic heterocycles. The van der Waals surface area contributed by atoms with Crippen LogP contribution in [0.15, 0.2) is 93.2 Å². The first kappa shape index (κ1) is 67.4. The van der Waals surface area contributed by atoms with Crippen molar-refractivity contribution in [3.05, 3.63) is 93.2 Å². The lowest BCUT2D eigenvalue weighted by Crippen LogP contribution is -2.09. The molecule has 0 aromatic rings. The summed E-state index contributed by atoms with van der Waals surface area (Å²) in [4.78, 5) is 20.6. The second-order valence-electron chi connectivity index (χ2n) is 23.0. The van der Waals surface area contributed by atoms with Crippen molar-refractivity contribution in [3.8, 4) is 0 Å². The van der Waals surface area contributed by atoms with E-state index >= 15 is 0 Å². The third-order valence-electron chi connectivity index (χ3n) is 11.3. The predicted octanol–water partition coefficient (Wildman–Crippen LogP) is 17.8. The summed E-state index contributed by atoms with van der Waals surface area (Å²) in [6.07, 6.45) is 32.2. The fourth-order valence-electron chi connectivity index (χ4n) is 6.29. The van der Waals surface area contributed by atoms with Crippen molar-refractivity contribution >= 4 is 12.6 Å². The van der Waals surface area contributed by atoms with Crippen LogP contribution in [0.2, 0.25) is 0 Å². The van der Waals surface area contributed by atoms with E-state index in [9.17, 15) is 9.59 Å². The van der Waals surface area contributed by atoms with E-state index in [4.69, 9.17) is 18.9 Å². The van der Waals surface area contributed by atoms with Crippen LogP contribution in [0.25, 0.3) is 0 Å². The van der Waals surface area contributed by atoms with Crippen LogP contribution in [0, 0.1) is 21.7 Å². The highest BCUT2D eigenvalue weighted by molar-refractivity contribution is 5.68. The molecule has 0 bridgehead atoms. The molecule has 1 fully saturated rings. The Morgan fingerprint density at radius 3 is 0.985 bits per heavy atom. The second kappa shape index (κ2) is 37.1. The van der Waals surface area contributed by atoms with Crippen LogP contribution in [-0.2, 0) is 28.5 Å². The van der Waals surface area contributed by atoms with Gasteiger partial charge < -0.3 is 18.9 Å². The molecule has 1 aliphatic heterocycles. The Balaban J connectivity index is -0.000000805. The van der Waals surface area contributed by atoms with Crippen LogP contribution < -0.4 is 0 Å². The monoisotopic (exact) mass is 923 g/mol. The molecule has 0 radical (unpaired) electrons. The average molecular weight is 924 g/mol. The van der Waals surface area contributed by atoms with Crippen LogP contribution in [0.4, 0.5) is 0 Å². The van der Waals surface area contributed by atoms with Gasteiger partial charge in [-0.3, -0.25) is 9.59 Å². The molecule has 382 valence electrons. The zero-order valence-corrected chi connectivity index (χ0v) is 47.3. The molecule has 0 spiro atoms. The number of allylic oxidation sites excluding steroid dienone is 14. The second-order valence-corrected chi connectivity index (χ2v) is 23.0. The Bertz CT molecular complexity index is 1450. The summed E-state index contributed by atoms with van der Waals surface area (Å²) >= 11 is 0. The predicted molar refractivity (Wildman–Crippen MR) is 289 cm³/mol. The van der Waals surface area contributed by atoms with E-state index in [1.54, 1.807) is 26.4 Å². The van der Waals surface area contributed by atoms with Gasteiger partial charge in [-0.2, -0.15) is 0 Å². The Morgan fingerprint density at radius 2 is 0.727 bits per heavy atom. The van der Waals surface area contributed by atoms with Gasteiger partial charge in [0.25, 0.3) is 0 Å². The number of carbonyl (C=O) groups is 2. The van der Waals surface area contributed by atoms with Gasteiger partial charge in [0.05, 0.1) is 13.2 Å². The number of aldehydes is 2. The normalized spacial score (nSPS) is 15.7. The largest absolute Gasteiger partial charge is 0.352 e. The molecule has 1 heterocycles. The van der Waals surface area contributed by atoms with Crippen molar-refractivity contribution in [1.29, 1.82) is 0 Å². The lowest BCUT2D eigenvalue weighted by atomic mass is 9.89. The highest BCUT2D eigenvalue weighted by atomic mass is 16.7. The Labute approximate surface area is 410 Å². The van der Waals surface area contributed by atoms with Crippen LogP contribution in [0.5, 0.6) is 0 Å². The minimum absolute atomic E-state index is 0.136. The van der Waals surface area contributed by atoms with E-state index < -0.39 is 0 Å². The van der Waals surface area contributed by atoms with Crippen molar-refractivity contribution in [1.82, 2.24) is 0 Å². The average Bonchev–Trinajstić information content (AvgIpc) is 3.72. The van der Waals surface area contributed by atoms with Gasteiger partial charge in [-0.25, -0.2) is 0 Å².